The Morgan fingerprint density at radius 3 is 2.89 bits per heavy atom. The van der Waals surface area contributed by atoms with Gasteiger partial charge in [0.1, 0.15) is 5.54 Å². The maximum absolute atomic E-state index is 5.88. The minimum Gasteiger partial charge on any atom is -0.382 e. The maximum atomic E-state index is 5.88. The summed E-state index contributed by atoms with van der Waals surface area (Å²) in [5, 5.41) is 8.40. The Bertz CT molecular complexity index is 629. The van der Waals surface area contributed by atoms with E-state index in [1.54, 1.807) is 18.6 Å². The second-order valence-corrected chi connectivity index (χ2v) is 4.50. The van der Waals surface area contributed by atoms with Gasteiger partial charge in [-0.2, -0.15) is 10.2 Å². The van der Waals surface area contributed by atoms with Crippen LogP contribution in [0, 0.1) is 0 Å². The topological polar surface area (TPSA) is 81.1 Å². The molecule has 0 aliphatic carbocycles. The van der Waals surface area contributed by atoms with Crippen molar-refractivity contribution in [3.05, 3.63) is 47.5 Å². The number of pyridine rings is 1. The van der Waals surface area contributed by atoms with Gasteiger partial charge in [0, 0.05) is 31.2 Å². The van der Waals surface area contributed by atoms with Gasteiger partial charge in [-0.1, -0.05) is 0 Å². The van der Waals surface area contributed by atoms with E-state index in [2.05, 4.69) is 27.5 Å². The van der Waals surface area contributed by atoms with E-state index in [0.29, 0.717) is 5.84 Å². The molecule has 6 heteroatoms. The average Bonchev–Trinajstić information content (AvgIpc) is 2.82. The smallest absolute Gasteiger partial charge is 0.152 e. The van der Waals surface area contributed by atoms with Crippen LogP contribution in [0.3, 0.4) is 0 Å². The van der Waals surface area contributed by atoms with Gasteiger partial charge in [-0.05, 0) is 24.6 Å². The van der Waals surface area contributed by atoms with E-state index in [1.807, 2.05) is 23.9 Å². The monoisotopic (exact) mass is 242 g/mol. The van der Waals surface area contributed by atoms with Crippen LogP contribution in [0.15, 0.2) is 35.8 Å². The molecule has 2 aromatic rings. The number of hydrogen-bond acceptors (Lipinski definition) is 5. The van der Waals surface area contributed by atoms with Gasteiger partial charge in [0.15, 0.2) is 5.84 Å². The highest BCUT2D eigenvalue weighted by Gasteiger charge is 2.36. The first-order chi connectivity index (χ1) is 8.63. The molecule has 3 rings (SSSR count). The highest BCUT2D eigenvalue weighted by Crippen LogP contribution is 2.32. The molecule has 0 fully saturated rings. The highest BCUT2D eigenvalue weighted by atomic mass is 15.4. The molecule has 2 aromatic heterocycles. The van der Waals surface area contributed by atoms with Crippen molar-refractivity contribution in [1.82, 2.24) is 20.2 Å². The van der Waals surface area contributed by atoms with E-state index in [-0.39, 0.29) is 0 Å². The van der Waals surface area contributed by atoms with E-state index in [4.69, 9.17) is 5.73 Å². The van der Waals surface area contributed by atoms with Crippen LogP contribution in [0.25, 0.3) is 0 Å². The summed E-state index contributed by atoms with van der Waals surface area (Å²) in [6, 6.07) is 3.92. The third kappa shape index (κ3) is 1.32. The van der Waals surface area contributed by atoms with Gasteiger partial charge in [0.05, 0.1) is 5.69 Å². The molecule has 0 amide bonds. The molecule has 1 aliphatic rings. The standard InChI is InChI=1S/C12H14N6/c1-12(10-4-6-15-18(10)2)9-3-5-14-7-8(9)11(13)16-17-12/h3-7,17H,1-2H3,(H2,13,16). The van der Waals surface area contributed by atoms with Gasteiger partial charge in [0.2, 0.25) is 0 Å². The second kappa shape index (κ2) is 3.56. The van der Waals surface area contributed by atoms with Crippen molar-refractivity contribution < 1.29 is 0 Å². The second-order valence-electron chi connectivity index (χ2n) is 4.50. The SMILES string of the molecule is Cn1nccc1C1(C)NN=C(N)c2cnccc21. The Morgan fingerprint density at radius 2 is 2.17 bits per heavy atom. The summed E-state index contributed by atoms with van der Waals surface area (Å²) in [5.41, 5.74) is 11.5. The van der Waals surface area contributed by atoms with Crippen molar-refractivity contribution in [1.29, 1.82) is 0 Å². The van der Waals surface area contributed by atoms with Crippen LogP contribution < -0.4 is 11.2 Å². The lowest BCUT2D eigenvalue weighted by Crippen LogP contribution is -2.45. The summed E-state index contributed by atoms with van der Waals surface area (Å²) in [6.07, 6.45) is 5.27. The quantitative estimate of drug-likeness (QED) is 0.753. The minimum atomic E-state index is -0.452. The van der Waals surface area contributed by atoms with E-state index >= 15 is 0 Å². The number of hydrogen-bond donors (Lipinski definition) is 2. The number of nitrogens with zero attached hydrogens (tertiary/aromatic N) is 4. The van der Waals surface area contributed by atoms with E-state index in [1.165, 1.54) is 0 Å². The molecule has 92 valence electrons. The van der Waals surface area contributed by atoms with Crippen LogP contribution in [0.1, 0.15) is 23.7 Å². The molecule has 0 aromatic carbocycles. The van der Waals surface area contributed by atoms with Gasteiger partial charge in [0.25, 0.3) is 0 Å². The maximum Gasteiger partial charge on any atom is 0.152 e. The number of aryl methyl sites for hydroxylation is 1. The molecular weight excluding hydrogens is 228 g/mol. The molecule has 0 saturated heterocycles. The summed E-state index contributed by atoms with van der Waals surface area (Å²) in [6.45, 7) is 2.05. The van der Waals surface area contributed by atoms with Crippen LogP contribution in [0.2, 0.25) is 0 Å². The van der Waals surface area contributed by atoms with E-state index < -0.39 is 5.54 Å². The molecular formula is C12H14N6. The van der Waals surface area contributed by atoms with Crippen molar-refractivity contribution in [3.63, 3.8) is 0 Å². The third-order valence-electron chi connectivity index (χ3n) is 3.37. The summed E-state index contributed by atoms with van der Waals surface area (Å²) >= 11 is 0. The molecule has 3 N–H and O–H groups in total. The fraction of sp³-hybridized carbons (Fsp3) is 0.250. The Hall–Kier alpha value is -2.37. The van der Waals surface area contributed by atoms with Crippen molar-refractivity contribution in [3.8, 4) is 0 Å². The Balaban J connectivity index is 2.24. The van der Waals surface area contributed by atoms with Crippen LogP contribution in [0.4, 0.5) is 0 Å². The number of rotatable bonds is 1. The van der Waals surface area contributed by atoms with Crippen LogP contribution in [0.5, 0.6) is 0 Å². The predicted octanol–water partition coefficient (Wildman–Crippen LogP) is 0.302. The number of hydrazone groups is 1. The normalized spacial score (nSPS) is 22.0. The van der Waals surface area contributed by atoms with Crippen molar-refractivity contribution in [2.45, 2.75) is 12.5 Å². The zero-order valence-corrected chi connectivity index (χ0v) is 10.3. The van der Waals surface area contributed by atoms with Crippen molar-refractivity contribution in [2.75, 3.05) is 0 Å². The number of amidine groups is 1. The van der Waals surface area contributed by atoms with Crippen LogP contribution in [-0.4, -0.2) is 20.6 Å². The van der Waals surface area contributed by atoms with Crippen LogP contribution >= 0.6 is 0 Å². The molecule has 3 heterocycles. The fourth-order valence-corrected chi connectivity index (χ4v) is 2.39. The summed E-state index contributed by atoms with van der Waals surface area (Å²) in [5.74, 6) is 0.456. The predicted molar refractivity (Wildman–Crippen MR) is 67.8 cm³/mol. The van der Waals surface area contributed by atoms with Gasteiger partial charge in [-0.15, -0.1) is 0 Å². The lowest BCUT2D eigenvalue weighted by Gasteiger charge is -2.34. The minimum absolute atomic E-state index is 0.452. The zero-order chi connectivity index (χ0) is 12.8. The zero-order valence-electron chi connectivity index (χ0n) is 10.3. The summed E-state index contributed by atoms with van der Waals surface area (Å²) in [7, 11) is 1.91. The lowest BCUT2D eigenvalue weighted by atomic mass is 9.85. The fourth-order valence-electron chi connectivity index (χ4n) is 2.39. The number of aromatic nitrogens is 3. The first kappa shape index (κ1) is 10.8. The largest absolute Gasteiger partial charge is 0.382 e. The molecule has 1 atom stereocenters. The van der Waals surface area contributed by atoms with Crippen molar-refractivity contribution >= 4 is 5.84 Å². The van der Waals surface area contributed by atoms with Gasteiger partial charge in [-0.25, -0.2) is 0 Å². The first-order valence-electron chi connectivity index (χ1n) is 5.66. The van der Waals surface area contributed by atoms with E-state index in [0.717, 1.165) is 16.8 Å². The van der Waals surface area contributed by atoms with Gasteiger partial charge >= 0.3 is 0 Å². The van der Waals surface area contributed by atoms with Gasteiger partial charge < -0.3 is 5.73 Å². The van der Waals surface area contributed by atoms with Gasteiger partial charge in [-0.3, -0.25) is 15.1 Å². The lowest BCUT2D eigenvalue weighted by molar-refractivity contribution is 0.413. The first-order valence-corrected chi connectivity index (χ1v) is 5.66. The molecule has 0 saturated carbocycles. The van der Waals surface area contributed by atoms with Crippen LogP contribution in [-0.2, 0) is 12.6 Å². The molecule has 1 unspecified atom stereocenters. The Labute approximate surface area is 105 Å². The van der Waals surface area contributed by atoms with E-state index in [9.17, 15) is 0 Å². The van der Waals surface area contributed by atoms with Crippen molar-refractivity contribution in [2.24, 2.45) is 17.9 Å². The highest BCUT2D eigenvalue weighted by molar-refractivity contribution is 5.99. The average molecular weight is 242 g/mol. The molecule has 1 aliphatic heterocycles. The Morgan fingerprint density at radius 1 is 1.33 bits per heavy atom. The Kier molecular flexibility index (Phi) is 2.13. The molecule has 0 radical (unpaired) electrons. The number of nitrogens with two attached hydrogens (primary N) is 1. The molecule has 18 heavy (non-hydrogen) atoms. The molecule has 6 nitrogen and oxygen atoms in total. The number of fused-ring (bicyclic) bond motifs is 1. The number of nitrogens with one attached hydrogen (secondary N) is 1. The third-order valence-corrected chi connectivity index (χ3v) is 3.37. The summed E-state index contributed by atoms with van der Waals surface area (Å²) < 4.78 is 1.83. The molecule has 0 spiro atoms. The summed E-state index contributed by atoms with van der Waals surface area (Å²) in [4.78, 5) is 4.11. The molecule has 0 bridgehead atoms.